The van der Waals surface area contributed by atoms with Gasteiger partial charge in [-0.2, -0.15) is 0 Å². The number of benzene rings is 1. The summed E-state index contributed by atoms with van der Waals surface area (Å²) in [6.07, 6.45) is 16.2. The van der Waals surface area contributed by atoms with Gasteiger partial charge in [-0.3, -0.25) is 4.79 Å². The fraction of sp³-hybridized carbons (Fsp3) is 0.625. The van der Waals surface area contributed by atoms with Crippen molar-refractivity contribution in [2.45, 2.75) is 77.0 Å². The Bertz CT molecular complexity index is 585. The fourth-order valence-electron chi connectivity index (χ4n) is 5.07. The molecule has 1 aromatic carbocycles. The fourth-order valence-corrected chi connectivity index (χ4v) is 5.07. The van der Waals surface area contributed by atoms with Crippen molar-refractivity contribution in [3.8, 4) is 0 Å². The molecule has 2 saturated carbocycles. The minimum atomic E-state index is -0.695. The molecule has 2 nitrogen and oxygen atoms in total. The Hall–Kier alpha value is -1.57. The number of aryl methyl sites for hydroxylation is 1. The molecule has 0 atom stereocenters. The van der Waals surface area contributed by atoms with Crippen LogP contribution in [-0.4, -0.2) is 11.1 Å². The first-order chi connectivity index (χ1) is 12.6. The molecule has 0 aliphatic heterocycles. The van der Waals surface area contributed by atoms with E-state index in [-0.39, 0.29) is 6.42 Å². The topological polar surface area (TPSA) is 37.3 Å². The molecule has 0 unspecified atom stereocenters. The van der Waals surface area contributed by atoms with Crippen LogP contribution in [0.5, 0.6) is 0 Å². The summed E-state index contributed by atoms with van der Waals surface area (Å²) in [6.45, 7) is 2.17. The highest BCUT2D eigenvalue weighted by Crippen LogP contribution is 2.44. The van der Waals surface area contributed by atoms with Gasteiger partial charge in [-0.15, -0.1) is 0 Å². The van der Waals surface area contributed by atoms with E-state index in [2.05, 4.69) is 43.3 Å². The maximum atomic E-state index is 10.6. The van der Waals surface area contributed by atoms with Crippen molar-refractivity contribution in [3.05, 3.63) is 47.5 Å². The molecule has 1 aromatic rings. The Labute approximate surface area is 158 Å². The van der Waals surface area contributed by atoms with Crippen LogP contribution in [-0.2, 0) is 4.79 Å². The lowest BCUT2D eigenvalue weighted by Gasteiger charge is -2.37. The minimum Gasteiger partial charge on any atom is -0.481 e. The number of carboxylic acid groups (broad SMARTS) is 1. The number of rotatable bonds is 6. The lowest BCUT2D eigenvalue weighted by molar-refractivity contribution is -0.136. The van der Waals surface area contributed by atoms with Crippen LogP contribution >= 0.6 is 0 Å². The Morgan fingerprint density at radius 3 is 2.12 bits per heavy atom. The van der Waals surface area contributed by atoms with Crippen LogP contribution in [0, 0.1) is 24.7 Å². The number of hydrogen-bond donors (Lipinski definition) is 1. The van der Waals surface area contributed by atoms with Crippen molar-refractivity contribution in [2.75, 3.05) is 0 Å². The largest absolute Gasteiger partial charge is 0.481 e. The third-order valence-corrected chi connectivity index (χ3v) is 6.74. The molecule has 0 radical (unpaired) electrons. The van der Waals surface area contributed by atoms with Gasteiger partial charge in [0.1, 0.15) is 0 Å². The zero-order valence-corrected chi connectivity index (χ0v) is 16.2. The SMILES string of the molecule is Cc1ccc([C@H]2CC[C@H]([C@H]3CC[C@H](C=CCCC(=O)O)CC3)CC2)cc1. The predicted octanol–water partition coefficient (Wildman–Crippen LogP) is 6.50. The Kier molecular flexibility index (Phi) is 6.93. The quantitative estimate of drug-likeness (QED) is 0.592. The van der Waals surface area contributed by atoms with Gasteiger partial charge < -0.3 is 5.11 Å². The molecular formula is C24H34O2. The summed E-state index contributed by atoms with van der Waals surface area (Å²) in [5.41, 5.74) is 2.90. The van der Waals surface area contributed by atoms with Crippen LogP contribution in [0.25, 0.3) is 0 Å². The second-order valence-electron chi connectivity index (χ2n) is 8.56. The number of carboxylic acids is 1. The van der Waals surface area contributed by atoms with Crippen LogP contribution in [0.4, 0.5) is 0 Å². The smallest absolute Gasteiger partial charge is 0.303 e. The highest BCUT2D eigenvalue weighted by Gasteiger charge is 2.30. The normalized spacial score (nSPS) is 29.7. The molecule has 0 saturated heterocycles. The van der Waals surface area contributed by atoms with Crippen LogP contribution in [0.3, 0.4) is 0 Å². The van der Waals surface area contributed by atoms with E-state index in [0.29, 0.717) is 12.3 Å². The summed E-state index contributed by atoms with van der Waals surface area (Å²) in [6, 6.07) is 9.18. The standard InChI is InChI=1S/C24H34O2/c1-18-6-10-20(11-7-18)22-14-16-23(17-15-22)21-12-8-19(9-13-21)4-2-3-5-24(25)26/h2,4,6-7,10-11,19,21-23H,3,5,8-9,12-17H2,1H3,(H,25,26)/t19-,21-,22-,23-. The van der Waals surface area contributed by atoms with Crippen LogP contribution in [0.1, 0.15) is 81.3 Å². The second kappa shape index (κ2) is 9.39. The van der Waals surface area contributed by atoms with E-state index in [0.717, 1.165) is 17.8 Å². The molecule has 2 heteroatoms. The summed E-state index contributed by atoms with van der Waals surface area (Å²) in [5, 5.41) is 8.70. The van der Waals surface area contributed by atoms with E-state index in [4.69, 9.17) is 5.11 Å². The van der Waals surface area contributed by atoms with Crippen LogP contribution in [0.15, 0.2) is 36.4 Å². The minimum absolute atomic E-state index is 0.260. The maximum Gasteiger partial charge on any atom is 0.303 e. The second-order valence-corrected chi connectivity index (χ2v) is 8.56. The molecule has 26 heavy (non-hydrogen) atoms. The Balaban J connectivity index is 1.39. The van der Waals surface area contributed by atoms with Crippen molar-refractivity contribution in [1.82, 2.24) is 0 Å². The van der Waals surface area contributed by atoms with Crippen molar-refractivity contribution in [1.29, 1.82) is 0 Å². The van der Waals surface area contributed by atoms with Crippen molar-refractivity contribution >= 4 is 5.97 Å². The van der Waals surface area contributed by atoms with E-state index >= 15 is 0 Å². The van der Waals surface area contributed by atoms with E-state index < -0.39 is 5.97 Å². The van der Waals surface area contributed by atoms with Gasteiger partial charge >= 0.3 is 5.97 Å². The molecule has 0 aromatic heterocycles. The molecule has 2 aliphatic carbocycles. The van der Waals surface area contributed by atoms with Crippen molar-refractivity contribution in [3.63, 3.8) is 0 Å². The van der Waals surface area contributed by atoms with E-state index in [1.165, 1.54) is 56.9 Å². The van der Waals surface area contributed by atoms with Crippen molar-refractivity contribution in [2.24, 2.45) is 17.8 Å². The maximum absolute atomic E-state index is 10.6. The molecule has 0 bridgehead atoms. The predicted molar refractivity (Wildman–Crippen MR) is 107 cm³/mol. The molecular weight excluding hydrogens is 320 g/mol. The molecule has 0 spiro atoms. The summed E-state index contributed by atoms with van der Waals surface area (Å²) < 4.78 is 0. The molecule has 3 rings (SSSR count). The molecule has 2 aliphatic rings. The highest BCUT2D eigenvalue weighted by molar-refractivity contribution is 5.66. The number of aliphatic carboxylic acids is 1. The summed E-state index contributed by atoms with van der Waals surface area (Å²) >= 11 is 0. The first kappa shape index (κ1) is 19.2. The monoisotopic (exact) mass is 354 g/mol. The zero-order valence-electron chi connectivity index (χ0n) is 16.2. The third kappa shape index (κ3) is 5.46. The average molecular weight is 355 g/mol. The van der Waals surface area contributed by atoms with Gasteiger partial charge in [-0.25, -0.2) is 0 Å². The first-order valence-electron chi connectivity index (χ1n) is 10.6. The molecule has 2 fully saturated rings. The number of carbonyl (C=O) groups is 1. The van der Waals surface area contributed by atoms with Gasteiger partial charge in [0, 0.05) is 6.42 Å². The van der Waals surface area contributed by atoms with E-state index in [1.807, 2.05) is 0 Å². The number of allylic oxidation sites excluding steroid dienone is 2. The summed E-state index contributed by atoms with van der Waals surface area (Å²) in [4.78, 5) is 10.6. The molecule has 142 valence electrons. The summed E-state index contributed by atoms with van der Waals surface area (Å²) in [7, 11) is 0. The number of hydrogen-bond acceptors (Lipinski definition) is 1. The Morgan fingerprint density at radius 1 is 0.962 bits per heavy atom. The van der Waals surface area contributed by atoms with Crippen molar-refractivity contribution < 1.29 is 9.90 Å². The average Bonchev–Trinajstić information content (AvgIpc) is 2.66. The van der Waals surface area contributed by atoms with Gasteiger partial charge in [0.2, 0.25) is 0 Å². The van der Waals surface area contributed by atoms with Gasteiger partial charge in [0.05, 0.1) is 0 Å². The van der Waals surface area contributed by atoms with Crippen LogP contribution < -0.4 is 0 Å². The van der Waals surface area contributed by atoms with E-state index in [9.17, 15) is 4.79 Å². The van der Waals surface area contributed by atoms with E-state index in [1.54, 1.807) is 5.56 Å². The van der Waals surface area contributed by atoms with Gasteiger partial charge in [0.15, 0.2) is 0 Å². The third-order valence-electron chi connectivity index (χ3n) is 6.74. The molecule has 0 amide bonds. The van der Waals surface area contributed by atoms with Crippen LogP contribution in [0.2, 0.25) is 0 Å². The Morgan fingerprint density at radius 2 is 1.54 bits per heavy atom. The lowest BCUT2D eigenvalue weighted by Crippen LogP contribution is -2.25. The summed E-state index contributed by atoms with van der Waals surface area (Å²) in [5.74, 6) is 2.63. The first-order valence-corrected chi connectivity index (χ1v) is 10.6. The lowest BCUT2D eigenvalue weighted by atomic mass is 9.68. The molecule has 0 heterocycles. The van der Waals surface area contributed by atoms with Gasteiger partial charge in [0.25, 0.3) is 0 Å². The molecule has 1 N–H and O–H groups in total. The zero-order chi connectivity index (χ0) is 18.4. The van der Waals surface area contributed by atoms with Gasteiger partial charge in [-0.1, -0.05) is 42.0 Å². The highest BCUT2D eigenvalue weighted by atomic mass is 16.4. The van der Waals surface area contributed by atoms with Gasteiger partial charge in [-0.05, 0) is 93.9 Å².